The molecule has 0 atom stereocenters. The molecule has 1 aromatic rings. The second kappa shape index (κ2) is 5.22. The molecule has 0 radical (unpaired) electrons. The van der Waals surface area contributed by atoms with Crippen molar-refractivity contribution >= 4 is 11.6 Å². The van der Waals surface area contributed by atoms with Crippen molar-refractivity contribution in [2.24, 2.45) is 0 Å². The molecule has 0 heterocycles. The first-order valence-corrected chi connectivity index (χ1v) is 4.76. The van der Waals surface area contributed by atoms with Crippen LogP contribution in [0, 0.1) is 0 Å². The van der Waals surface area contributed by atoms with Gasteiger partial charge in [0.25, 0.3) is 0 Å². The van der Waals surface area contributed by atoms with E-state index in [-0.39, 0.29) is 5.91 Å². The largest absolute Gasteiger partial charge is 0.326 e. The van der Waals surface area contributed by atoms with Gasteiger partial charge in [0.05, 0.1) is 0 Å². The molecule has 0 saturated carbocycles. The van der Waals surface area contributed by atoms with Crippen LogP contribution in [-0.4, -0.2) is 5.91 Å². The van der Waals surface area contributed by atoms with Gasteiger partial charge in [0, 0.05) is 12.1 Å². The van der Waals surface area contributed by atoms with Crippen LogP contribution in [0.5, 0.6) is 0 Å². The standard InChI is InChI=1S/C12H15NO/c1-3-7-10-8-5-6-9-11(10)13-12(14)4-2/h3,5-6,8-9H,1,4,7H2,2H3,(H,13,14). The van der Waals surface area contributed by atoms with Crippen LogP contribution in [0.1, 0.15) is 18.9 Å². The predicted octanol–water partition coefficient (Wildman–Crippen LogP) is 2.76. The van der Waals surface area contributed by atoms with Crippen molar-refractivity contribution in [1.29, 1.82) is 0 Å². The quantitative estimate of drug-likeness (QED) is 0.725. The van der Waals surface area contributed by atoms with Crippen molar-refractivity contribution in [1.82, 2.24) is 0 Å². The Bertz CT molecular complexity index is 331. The third-order valence-corrected chi connectivity index (χ3v) is 1.98. The van der Waals surface area contributed by atoms with Crippen molar-refractivity contribution in [3.8, 4) is 0 Å². The number of carbonyl (C=O) groups is 1. The number of para-hydroxylation sites is 1. The molecule has 0 aromatic heterocycles. The van der Waals surface area contributed by atoms with E-state index in [0.29, 0.717) is 6.42 Å². The summed E-state index contributed by atoms with van der Waals surface area (Å²) < 4.78 is 0. The Morgan fingerprint density at radius 1 is 1.50 bits per heavy atom. The summed E-state index contributed by atoms with van der Waals surface area (Å²) in [5.41, 5.74) is 1.99. The smallest absolute Gasteiger partial charge is 0.224 e. The number of anilines is 1. The zero-order valence-electron chi connectivity index (χ0n) is 8.42. The average molecular weight is 189 g/mol. The number of benzene rings is 1. The number of allylic oxidation sites excluding steroid dienone is 1. The molecule has 1 amide bonds. The highest BCUT2D eigenvalue weighted by Crippen LogP contribution is 2.15. The Labute approximate surface area is 84.6 Å². The first-order valence-electron chi connectivity index (χ1n) is 4.76. The van der Waals surface area contributed by atoms with Crippen LogP contribution in [0.15, 0.2) is 36.9 Å². The van der Waals surface area contributed by atoms with Crippen molar-refractivity contribution in [2.75, 3.05) is 5.32 Å². The summed E-state index contributed by atoms with van der Waals surface area (Å²) in [4.78, 5) is 11.2. The second-order valence-electron chi connectivity index (χ2n) is 3.05. The SMILES string of the molecule is C=CCc1ccccc1NC(=O)CC. The average Bonchev–Trinajstić information content (AvgIpc) is 2.21. The third kappa shape index (κ3) is 2.73. The topological polar surface area (TPSA) is 29.1 Å². The summed E-state index contributed by atoms with van der Waals surface area (Å²) in [5, 5.41) is 2.86. The number of hydrogen-bond donors (Lipinski definition) is 1. The molecular weight excluding hydrogens is 174 g/mol. The van der Waals surface area contributed by atoms with E-state index in [1.54, 1.807) is 0 Å². The lowest BCUT2D eigenvalue weighted by atomic mass is 10.1. The first-order chi connectivity index (χ1) is 6.77. The van der Waals surface area contributed by atoms with Gasteiger partial charge >= 0.3 is 0 Å². The van der Waals surface area contributed by atoms with Gasteiger partial charge in [-0.05, 0) is 18.1 Å². The van der Waals surface area contributed by atoms with Gasteiger partial charge in [-0.1, -0.05) is 31.2 Å². The maximum atomic E-state index is 11.2. The molecule has 2 heteroatoms. The minimum atomic E-state index is 0.0431. The van der Waals surface area contributed by atoms with E-state index in [4.69, 9.17) is 0 Å². The summed E-state index contributed by atoms with van der Waals surface area (Å²) >= 11 is 0. The Hall–Kier alpha value is -1.57. The zero-order chi connectivity index (χ0) is 10.4. The fourth-order valence-corrected chi connectivity index (χ4v) is 1.21. The first kappa shape index (κ1) is 10.5. The summed E-state index contributed by atoms with van der Waals surface area (Å²) in [5.74, 6) is 0.0431. The van der Waals surface area contributed by atoms with Crippen LogP contribution < -0.4 is 5.32 Å². The van der Waals surface area contributed by atoms with E-state index in [1.807, 2.05) is 37.3 Å². The lowest BCUT2D eigenvalue weighted by Crippen LogP contribution is -2.10. The Morgan fingerprint density at radius 2 is 2.21 bits per heavy atom. The minimum Gasteiger partial charge on any atom is -0.326 e. The van der Waals surface area contributed by atoms with Gasteiger partial charge in [-0.15, -0.1) is 6.58 Å². The molecule has 0 unspecified atom stereocenters. The zero-order valence-corrected chi connectivity index (χ0v) is 8.42. The molecule has 2 nitrogen and oxygen atoms in total. The van der Waals surface area contributed by atoms with Crippen molar-refractivity contribution in [3.05, 3.63) is 42.5 Å². The van der Waals surface area contributed by atoms with E-state index in [1.165, 1.54) is 0 Å². The second-order valence-corrected chi connectivity index (χ2v) is 3.05. The highest BCUT2D eigenvalue weighted by Gasteiger charge is 2.02. The molecular formula is C12H15NO. The summed E-state index contributed by atoms with van der Waals surface area (Å²) in [7, 11) is 0. The Kier molecular flexibility index (Phi) is 3.92. The highest BCUT2D eigenvalue weighted by molar-refractivity contribution is 5.91. The lowest BCUT2D eigenvalue weighted by Gasteiger charge is -2.08. The normalized spacial score (nSPS) is 9.50. The summed E-state index contributed by atoms with van der Waals surface area (Å²) in [6.45, 7) is 5.52. The number of hydrogen-bond acceptors (Lipinski definition) is 1. The number of carbonyl (C=O) groups excluding carboxylic acids is 1. The van der Waals surface area contributed by atoms with E-state index in [9.17, 15) is 4.79 Å². The molecule has 1 rings (SSSR count). The number of nitrogens with one attached hydrogen (secondary N) is 1. The molecule has 14 heavy (non-hydrogen) atoms. The highest BCUT2D eigenvalue weighted by atomic mass is 16.1. The van der Waals surface area contributed by atoms with Crippen molar-refractivity contribution < 1.29 is 4.79 Å². The molecule has 1 N–H and O–H groups in total. The number of rotatable bonds is 4. The molecule has 0 aliphatic carbocycles. The third-order valence-electron chi connectivity index (χ3n) is 1.98. The Morgan fingerprint density at radius 3 is 2.86 bits per heavy atom. The fraction of sp³-hybridized carbons (Fsp3) is 0.250. The van der Waals surface area contributed by atoms with Crippen LogP contribution in [0.4, 0.5) is 5.69 Å². The van der Waals surface area contributed by atoms with Gasteiger partial charge in [0.1, 0.15) is 0 Å². The van der Waals surface area contributed by atoms with Crippen LogP contribution in [-0.2, 0) is 11.2 Å². The lowest BCUT2D eigenvalue weighted by molar-refractivity contribution is -0.115. The molecule has 74 valence electrons. The molecule has 0 aliphatic heterocycles. The molecule has 1 aromatic carbocycles. The van der Waals surface area contributed by atoms with Crippen LogP contribution in [0.2, 0.25) is 0 Å². The van der Waals surface area contributed by atoms with E-state index in [2.05, 4.69) is 11.9 Å². The number of amides is 1. The van der Waals surface area contributed by atoms with E-state index >= 15 is 0 Å². The monoisotopic (exact) mass is 189 g/mol. The van der Waals surface area contributed by atoms with Crippen molar-refractivity contribution in [3.63, 3.8) is 0 Å². The van der Waals surface area contributed by atoms with Gasteiger partial charge in [-0.2, -0.15) is 0 Å². The van der Waals surface area contributed by atoms with Crippen LogP contribution in [0.3, 0.4) is 0 Å². The van der Waals surface area contributed by atoms with Gasteiger partial charge in [-0.3, -0.25) is 4.79 Å². The molecule has 0 spiro atoms. The van der Waals surface area contributed by atoms with Crippen LogP contribution >= 0.6 is 0 Å². The molecule has 0 saturated heterocycles. The predicted molar refractivity (Wildman–Crippen MR) is 59.3 cm³/mol. The molecule has 0 fully saturated rings. The van der Waals surface area contributed by atoms with Gasteiger partial charge in [0.15, 0.2) is 0 Å². The maximum absolute atomic E-state index is 11.2. The Balaban J connectivity index is 2.83. The minimum absolute atomic E-state index is 0.0431. The van der Waals surface area contributed by atoms with Gasteiger partial charge in [-0.25, -0.2) is 0 Å². The summed E-state index contributed by atoms with van der Waals surface area (Å²) in [6, 6.07) is 7.78. The van der Waals surface area contributed by atoms with E-state index in [0.717, 1.165) is 17.7 Å². The maximum Gasteiger partial charge on any atom is 0.224 e. The summed E-state index contributed by atoms with van der Waals surface area (Å²) in [6.07, 6.45) is 3.11. The van der Waals surface area contributed by atoms with Crippen molar-refractivity contribution in [2.45, 2.75) is 19.8 Å². The van der Waals surface area contributed by atoms with Gasteiger partial charge in [0.2, 0.25) is 5.91 Å². The molecule has 0 aliphatic rings. The van der Waals surface area contributed by atoms with Crippen LogP contribution in [0.25, 0.3) is 0 Å². The molecule has 0 bridgehead atoms. The van der Waals surface area contributed by atoms with E-state index < -0.39 is 0 Å². The fourth-order valence-electron chi connectivity index (χ4n) is 1.21. The van der Waals surface area contributed by atoms with Gasteiger partial charge < -0.3 is 5.32 Å².